The maximum absolute atomic E-state index is 9.45. The van der Waals surface area contributed by atoms with Gasteiger partial charge in [-0.1, -0.05) is 164 Å². The molecule has 0 aliphatic heterocycles. The zero-order valence-corrected chi connectivity index (χ0v) is 74.5. The van der Waals surface area contributed by atoms with Gasteiger partial charge in [-0.15, -0.1) is 0 Å². The van der Waals surface area contributed by atoms with Gasteiger partial charge in [0.2, 0.25) is 0 Å². The molecule has 0 rings (SSSR count). The Kier molecular flexibility index (Phi) is 78.2. The molecule has 0 aliphatic carbocycles. The van der Waals surface area contributed by atoms with Gasteiger partial charge in [0.25, 0.3) is 0 Å². The van der Waals surface area contributed by atoms with Gasteiger partial charge < -0.3 is 96.9 Å². The summed E-state index contributed by atoms with van der Waals surface area (Å²) >= 11 is 0. The van der Waals surface area contributed by atoms with Crippen LogP contribution in [0.2, 0.25) is 93.2 Å². The number of hydrogen-bond acceptors (Lipinski definition) is 20. The molecule has 16 atom stereocenters. The molecule has 0 saturated carbocycles. The fourth-order valence-electron chi connectivity index (χ4n) is 10.7. The summed E-state index contributed by atoms with van der Waals surface area (Å²) in [5.41, 5.74) is 0. The molecular formula is C76H172O20Si5. The molecule has 0 saturated heterocycles. The lowest BCUT2D eigenvalue weighted by Crippen LogP contribution is -2.34. The monoisotopic (exact) mass is 1550 g/mol. The standard InChI is InChI=1S/C17H38O4Si.C16H36O4Si.2C15H34O4Si.C13H30O4Si/c1-5-6-7-8-9-10-13-22(4,20-3)14-11-12-21-15-17(19)16(2)18;1-5-6-7-8-9-12-21(4,19-3)13-10-11-20-14-16(18)15(2)17;1-6-13(2)8-11-20(5,18-4)10-7-9-19-12-15(17)14(3)16;1-5-6-7-8-11-20(4,18-3)12-9-10-19-13-15(17)14(2)16;1-5-6-9-18(4,16-3)10-7-8-17-11-13(15)12(2)14/h16-19H,5-15H2,1-4H3;15-18H,5-14H2,1-4H3;13-17H,6-12H2,1-5H3;14-17H,5-13H2,1-4H3;12-15H,5-11H2,1-4H3. The number of aliphatic hydroxyl groups excluding tert-OH is 10. The van der Waals surface area contributed by atoms with E-state index in [0.29, 0.717) is 33.0 Å². The van der Waals surface area contributed by atoms with Gasteiger partial charge in [-0.2, -0.15) is 0 Å². The van der Waals surface area contributed by atoms with Crippen molar-refractivity contribution in [3.8, 4) is 0 Å². The summed E-state index contributed by atoms with van der Waals surface area (Å²) in [6.45, 7) is 36.9. The number of aliphatic hydroxyl groups is 10. The van der Waals surface area contributed by atoms with Crippen LogP contribution in [0.1, 0.15) is 230 Å². The Bertz CT molecular complexity index is 1700. The average Bonchev–Trinajstić information content (AvgIpc) is 0.958. The second-order valence-corrected chi connectivity index (χ2v) is 51.9. The molecule has 16 unspecified atom stereocenters. The minimum Gasteiger partial charge on any atom is -0.420 e. The number of hydrogen-bond donors (Lipinski definition) is 10. The van der Waals surface area contributed by atoms with Gasteiger partial charge in [0.1, 0.15) is 30.5 Å². The zero-order valence-electron chi connectivity index (χ0n) is 69.5. The van der Waals surface area contributed by atoms with Crippen molar-refractivity contribution in [2.45, 2.75) is 384 Å². The highest BCUT2D eigenvalue weighted by atomic mass is 28.4. The topological polar surface area (TPSA) is 295 Å². The van der Waals surface area contributed by atoms with Gasteiger partial charge in [-0.05, 0) is 166 Å². The van der Waals surface area contributed by atoms with E-state index < -0.39 is 103 Å². The first-order valence-electron chi connectivity index (χ1n) is 40.1. The first kappa shape index (κ1) is 110. The molecule has 0 fully saturated rings. The highest BCUT2D eigenvalue weighted by molar-refractivity contribution is 6.74. The van der Waals surface area contributed by atoms with Gasteiger partial charge in [-0.3, -0.25) is 0 Å². The predicted molar refractivity (Wildman–Crippen MR) is 432 cm³/mol. The third kappa shape index (κ3) is 70.4. The van der Waals surface area contributed by atoms with Crippen LogP contribution in [0.15, 0.2) is 0 Å². The van der Waals surface area contributed by atoms with E-state index in [1.54, 1.807) is 34.6 Å². The third-order valence-electron chi connectivity index (χ3n) is 20.0. The Morgan fingerprint density at radius 3 is 0.614 bits per heavy atom. The van der Waals surface area contributed by atoms with Gasteiger partial charge in [0, 0.05) is 68.6 Å². The molecule has 20 nitrogen and oxygen atoms in total. The van der Waals surface area contributed by atoms with Crippen LogP contribution in [0.25, 0.3) is 0 Å². The molecule has 0 aromatic carbocycles. The van der Waals surface area contributed by atoms with Crippen LogP contribution in [-0.2, 0) is 45.8 Å². The molecule has 0 radical (unpaired) electrons. The molecule has 0 amide bonds. The minimum atomic E-state index is -1.59. The van der Waals surface area contributed by atoms with E-state index in [1.165, 1.54) is 152 Å². The van der Waals surface area contributed by atoms with Crippen LogP contribution in [0.4, 0.5) is 0 Å². The van der Waals surface area contributed by atoms with E-state index in [9.17, 15) is 30.6 Å². The summed E-state index contributed by atoms with van der Waals surface area (Å²) in [4.78, 5) is 0. The lowest BCUT2D eigenvalue weighted by molar-refractivity contribution is -0.0302. The average molecular weight is 1550 g/mol. The molecule has 0 spiro atoms. The van der Waals surface area contributed by atoms with Crippen molar-refractivity contribution in [3.63, 3.8) is 0 Å². The van der Waals surface area contributed by atoms with Crippen molar-refractivity contribution in [1.29, 1.82) is 0 Å². The predicted octanol–water partition coefficient (Wildman–Crippen LogP) is 14.9. The van der Waals surface area contributed by atoms with Crippen LogP contribution >= 0.6 is 0 Å². The van der Waals surface area contributed by atoms with Crippen molar-refractivity contribution in [1.82, 2.24) is 0 Å². The van der Waals surface area contributed by atoms with Crippen molar-refractivity contribution < 1.29 is 96.9 Å². The first-order chi connectivity index (χ1) is 47.6. The lowest BCUT2D eigenvalue weighted by Gasteiger charge is -2.26. The summed E-state index contributed by atoms with van der Waals surface area (Å²) in [6.07, 6.45) is 21.9. The van der Waals surface area contributed by atoms with Gasteiger partial charge >= 0.3 is 0 Å². The summed E-state index contributed by atoms with van der Waals surface area (Å²) < 4.78 is 55.9. The number of ether oxygens (including phenoxy) is 5. The molecule has 616 valence electrons. The van der Waals surface area contributed by atoms with E-state index in [4.69, 9.17) is 66.2 Å². The van der Waals surface area contributed by atoms with Crippen molar-refractivity contribution in [2.75, 3.05) is 102 Å². The highest BCUT2D eigenvalue weighted by Gasteiger charge is 2.31. The Morgan fingerprint density at radius 1 is 0.238 bits per heavy atom. The fourth-order valence-corrected chi connectivity index (χ4v) is 23.7. The quantitative estimate of drug-likeness (QED) is 0.0200. The third-order valence-corrected chi connectivity index (χ3v) is 39.0. The maximum atomic E-state index is 9.45. The summed E-state index contributed by atoms with van der Waals surface area (Å²) in [6, 6.07) is 11.6. The summed E-state index contributed by atoms with van der Waals surface area (Å²) in [5, 5.41) is 92.8. The van der Waals surface area contributed by atoms with Gasteiger partial charge in [0.05, 0.1) is 63.6 Å². The van der Waals surface area contributed by atoms with Crippen LogP contribution in [0, 0.1) is 5.92 Å². The van der Waals surface area contributed by atoms with E-state index in [2.05, 4.69) is 74.3 Å². The van der Waals surface area contributed by atoms with Crippen LogP contribution in [0.5, 0.6) is 0 Å². The van der Waals surface area contributed by atoms with E-state index in [-0.39, 0.29) is 33.0 Å². The van der Waals surface area contributed by atoms with Gasteiger partial charge in [-0.25, -0.2) is 0 Å². The Morgan fingerprint density at radius 2 is 0.416 bits per heavy atom. The van der Waals surface area contributed by atoms with Gasteiger partial charge in [0.15, 0.2) is 41.6 Å². The highest BCUT2D eigenvalue weighted by Crippen LogP contribution is 2.27. The van der Waals surface area contributed by atoms with Crippen molar-refractivity contribution >= 4 is 41.6 Å². The van der Waals surface area contributed by atoms with E-state index >= 15 is 0 Å². The molecule has 0 aliphatic rings. The molecule has 10 N–H and O–H groups in total. The summed E-state index contributed by atoms with van der Waals surface area (Å²) in [5.74, 6) is 0.773. The van der Waals surface area contributed by atoms with Crippen LogP contribution < -0.4 is 0 Å². The maximum Gasteiger partial charge on any atom is 0.189 e. The second kappa shape index (κ2) is 71.9. The SMILES string of the molecule is CCC(C)CC[Si](C)(CCCOCC(O)C(C)O)OC.CCCCCCCC[Si](C)(CCCOCC(O)C(C)O)OC.CCCCCCC[Si](C)(CCCOCC(O)C(C)O)OC.CCCCCC[Si](C)(CCCOCC(O)C(C)O)OC.CCCC[Si](C)(CCCOCC(O)C(C)O)OC. The Hall–Kier alpha value is 0.284. The summed E-state index contributed by atoms with van der Waals surface area (Å²) in [7, 11) is 1.33. The van der Waals surface area contributed by atoms with Crippen LogP contribution in [0.3, 0.4) is 0 Å². The molecule has 101 heavy (non-hydrogen) atoms. The first-order valence-corrected chi connectivity index (χ1v) is 54.2. The van der Waals surface area contributed by atoms with Crippen molar-refractivity contribution in [3.05, 3.63) is 0 Å². The molecule has 0 aromatic rings. The molecule has 25 heteroatoms. The molecular weight excluding hydrogens is 1370 g/mol. The fraction of sp³-hybridized carbons (Fsp3) is 1.00. The lowest BCUT2D eigenvalue weighted by atomic mass is 10.1. The normalized spacial score (nSPS) is 18.0. The van der Waals surface area contributed by atoms with Crippen molar-refractivity contribution in [2.24, 2.45) is 5.92 Å². The largest absolute Gasteiger partial charge is 0.420 e. The smallest absolute Gasteiger partial charge is 0.189 e. The van der Waals surface area contributed by atoms with Crippen LogP contribution in [-0.4, -0.2) is 255 Å². The zero-order chi connectivity index (χ0) is 78.0. The number of rotatable bonds is 65. The minimum absolute atomic E-state index is 0.204. The Labute approximate surface area is 627 Å². The Balaban J connectivity index is -0.000000381. The number of unbranched alkanes of at least 4 members (excludes halogenated alkanes) is 13. The molecule has 0 aromatic heterocycles. The molecule has 0 bridgehead atoms. The van der Waals surface area contributed by atoms with E-state index in [0.717, 1.165) is 68.2 Å². The second-order valence-electron chi connectivity index (χ2n) is 30.4. The van der Waals surface area contributed by atoms with E-state index in [1.807, 2.05) is 35.5 Å². The molecule has 0 heterocycles.